The molecule has 0 aromatic rings. The highest BCUT2D eigenvalue weighted by Crippen LogP contribution is 2.37. The monoisotopic (exact) mass is 232 g/mol. The summed E-state index contributed by atoms with van der Waals surface area (Å²) in [7, 11) is -2.95. The van der Waals surface area contributed by atoms with Gasteiger partial charge in [0.1, 0.15) is 0 Å². The van der Waals surface area contributed by atoms with Crippen LogP contribution in [0.1, 0.15) is 26.2 Å². The zero-order chi connectivity index (χ0) is 10.9. The molecule has 2 saturated heterocycles. The van der Waals surface area contributed by atoms with Crippen molar-refractivity contribution in [2.45, 2.75) is 26.2 Å². The van der Waals surface area contributed by atoms with Gasteiger partial charge in [-0.1, -0.05) is 0 Å². The average molecular weight is 232 g/mol. The summed E-state index contributed by atoms with van der Waals surface area (Å²) in [4.78, 5) is 0. The largest absolute Gasteiger partial charge is 0.316 e. The first kappa shape index (κ1) is 11.4. The van der Waals surface area contributed by atoms with Crippen molar-refractivity contribution in [2.75, 3.05) is 31.9 Å². The minimum Gasteiger partial charge on any atom is -0.316 e. The highest BCUT2D eigenvalue weighted by Gasteiger charge is 2.39. The zero-order valence-corrected chi connectivity index (χ0v) is 10.1. The first-order valence-corrected chi connectivity index (χ1v) is 7.37. The van der Waals surface area contributed by atoms with Crippen LogP contribution in [0.25, 0.3) is 0 Å². The molecule has 0 aliphatic carbocycles. The fourth-order valence-corrected chi connectivity index (χ4v) is 3.75. The van der Waals surface area contributed by atoms with Crippen LogP contribution >= 0.6 is 0 Å². The van der Waals surface area contributed by atoms with Crippen LogP contribution in [0.15, 0.2) is 0 Å². The van der Waals surface area contributed by atoms with Gasteiger partial charge < -0.3 is 5.32 Å². The Hall–Kier alpha value is -0.130. The Morgan fingerprint density at radius 3 is 2.40 bits per heavy atom. The first-order valence-electron chi connectivity index (χ1n) is 5.77. The van der Waals surface area contributed by atoms with Crippen LogP contribution in [0.5, 0.6) is 0 Å². The van der Waals surface area contributed by atoms with E-state index >= 15 is 0 Å². The highest BCUT2D eigenvalue weighted by molar-refractivity contribution is 7.89. The number of hydrogen-bond acceptors (Lipinski definition) is 3. The fourth-order valence-electron chi connectivity index (χ4n) is 2.64. The smallest absolute Gasteiger partial charge is 0.213 e. The van der Waals surface area contributed by atoms with Crippen LogP contribution in [0, 0.1) is 5.41 Å². The second-order valence-corrected chi connectivity index (χ2v) is 6.98. The SMILES string of the molecule is CCS(=O)(=O)N1CCC2(CCNC2)CC1. The van der Waals surface area contributed by atoms with E-state index in [9.17, 15) is 8.42 Å². The Bertz CT molecular complexity index is 310. The van der Waals surface area contributed by atoms with Crippen molar-refractivity contribution < 1.29 is 8.42 Å². The molecule has 0 atom stereocenters. The molecular formula is C10H20N2O2S. The average Bonchev–Trinajstić information content (AvgIpc) is 2.67. The van der Waals surface area contributed by atoms with E-state index in [4.69, 9.17) is 0 Å². The number of nitrogens with zero attached hydrogens (tertiary/aromatic N) is 1. The molecule has 2 aliphatic heterocycles. The van der Waals surface area contributed by atoms with Crippen molar-refractivity contribution in [1.82, 2.24) is 9.62 Å². The Morgan fingerprint density at radius 1 is 1.27 bits per heavy atom. The Kier molecular flexibility index (Phi) is 3.05. The third-order valence-corrected chi connectivity index (χ3v) is 5.75. The lowest BCUT2D eigenvalue weighted by atomic mass is 9.78. The topological polar surface area (TPSA) is 49.4 Å². The van der Waals surface area contributed by atoms with Gasteiger partial charge in [-0.15, -0.1) is 0 Å². The molecule has 0 bridgehead atoms. The molecule has 0 radical (unpaired) electrons. The molecule has 2 heterocycles. The molecule has 5 heteroatoms. The molecule has 0 aromatic heterocycles. The third kappa shape index (κ3) is 2.19. The quantitative estimate of drug-likeness (QED) is 0.750. The van der Waals surface area contributed by atoms with Gasteiger partial charge in [-0.3, -0.25) is 0 Å². The second-order valence-electron chi connectivity index (χ2n) is 4.73. The van der Waals surface area contributed by atoms with Crippen molar-refractivity contribution in [2.24, 2.45) is 5.41 Å². The van der Waals surface area contributed by atoms with Crippen molar-refractivity contribution in [3.63, 3.8) is 0 Å². The van der Waals surface area contributed by atoms with Crippen LogP contribution in [0.4, 0.5) is 0 Å². The van der Waals surface area contributed by atoms with Gasteiger partial charge in [0, 0.05) is 19.6 Å². The molecule has 15 heavy (non-hydrogen) atoms. The predicted molar refractivity (Wildman–Crippen MR) is 60.2 cm³/mol. The van der Waals surface area contributed by atoms with E-state index in [1.165, 1.54) is 6.42 Å². The van der Waals surface area contributed by atoms with E-state index in [-0.39, 0.29) is 5.75 Å². The van der Waals surface area contributed by atoms with E-state index in [0.29, 0.717) is 5.41 Å². The van der Waals surface area contributed by atoms with Gasteiger partial charge in [0.25, 0.3) is 0 Å². The van der Waals surface area contributed by atoms with Crippen LogP contribution in [0.3, 0.4) is 0 Å². The highest BCUT2D eigenvalue weighted by atomic mass is 32.2. The molecule has 4 nitrogen and oxygen atoms in total. The normalized spacial score (nSPS) is 27.3. The summed E-state index contributed by atoms with van der Waals surface area (Å²) in [5, 5.41) is 3.38. The minimum absolute atomic E-state index is 0.234. The Labute approximate surface area is 92.1 Å². The molecule has 0 aromatic carbocycles. The Morgan fingerprint density at radius 2 is 1.93 bits per heavy atom. The first-order chi connectivity index (χ1) is 7.08. The minimum atomic E-state index is -2.95. The lowest BCUT2D eigenvalue weighted by Crippen LogP contribution is -2.44. The molecule has 0 unspecified atom stereocenters. The predicted octanol–water partition coefficient (Wildman–Crippen LogP) is 0.412. The van der Waals surface area contributed by atoms with Crippen molar-refractivity contribution >= 4 is 10.0 Å². The van der Waals surface area contributed by atoms with E-state index < -0.39 is 10.0 Å². The summed E-state index contributed by atoms with van der Waals surface area (Å²) in [6, 6.07) is 0. The summed E-state index contributed by atoms with van der Waals surface area (Å²) in [6.07, 6.45) is 3.27. The van der Waals surface area contributed by atoms with E-state index in [1.807, 2.05) is 0 Å². The summed E-state index contributed by atoms with van der Waals surface area (Å²) in [5.41, 5.74) is 0.403. The van der Waals surface area contributed by atoms with Crippen molar-refractivity contribution in [3.8, 4) is 0 Å². The molecule has 0 amide bonds. The fraction of sp³-hybridized carbons (Fsp3) is 1.00. The van der Waals surface area contributed by atoms with Crippen LogP contribution in [-0.2, 0) is 10.0 Å². The molecule has 2 fully saturated rings. The van der Waals surface area contributed by atoms with E-state index in [2.05, 4.69) is 5.32 Å². The third-order valence-electron chi connectivity index (χ3n) is 3.87. The van der Waals surface area contributed by atoms with Gasteiger partial charge in [0.2, 0.25) is 10.0 Å². The number of rotatable bonds is 2. The van der Waals surface area contributed by atoms with Gasteiger partial charge in [-0.2, -0.15) is 0 Å². The van der Waals surface area contributed by atoms with E-state index in [0.717, 1.165) is 39.0 Å². The second kappa shape index (κ2) is 4.03. The van der Waals surface area contributed by atoms with Gasteiger partial charge in [-0.25, -0.2) is 12.7 Å². The molecule has 2 rings (SSSR count). The summed E-state index contributed by atoms with van der Waals surface area (Å²) in [6.45, 7) is 5.33. The maximum absolute atomic E-state index is 11.7. The van der Waals surface area contributed by atoms with Crippen LogP contribution in [-0.4, -0.2) is 44.7 Å². The molecule has 2 aliphatic rings. The summed E-state index contributed by atoms with van der Waals surface area (Å²) in [5.74, 6) is 0.234. The lowest BCUT2D eigenvalue weighted by molar-refractivity contribution is 0.175. The zero-order valence-electron chi connectivity index (χ0n) is 9.33. The molecule has 0 saturated carbocycles. The Balaban J connectivity index is 1.97. The molecule has 1 spiro atoms. The van der Waals surface area contributed by atoms with Crippen molar-refractivity contribution in [3.05, 3.63) is 0 Å². The summed E-state index contributed by atoms with van der Waals surface area (Å²) < 4.78 is 25.0. The van der Waals surface area contributed by atoms with Gasteiger partial charge in [0.05, 0.1) is 5.75 Å². The number of nitrogens with one attached hydrogen (secondary N) is 1. The molecular weight excluding hydrogens is 212 g/mol. The van der Waals surface area contributed by atoms with Crippen molar-refractivity contribution in [1.29, 1.82) is 0 Å². The molecule has 88 valence electrons. The van der Waals surface area contributed by atoms with Crippen LogP contribution < -0.4 is 5.32 Å². The van der Waals surface area contributed by atoms with E-state index in [1.54, 1.807) is 11.2 Å². The summed E-state index contributed by atoms with van der Waals surface area (Å²) >= 11 is 0. The van der Waals surface area contributed by atoms with Gasteiger partial charge >= 0.3 is 0 Å². The number of hydrogen-bond donors (Lipinski definition) is 1. The van der Waals surface area contributed by atoms with Crippen LogP contribution in [0.2, 0.25) is 0 Å². The maximum atomic E-state index is 11.7. The van der Waals surface area contributed by atoms with Gasteiger partial charge in [0.15, 0.2) is 0 Å². The maximum Gasteiger partial charge on any atom is 0.213 e. The molecule has 1 N–H and O–H groups in total. The lowest BCUT2D eigenvalue weighted by Gasteiger charge is -2.38. The standard InChI is InChI=1S/C10H20N2O2S/c1-2-15(13,14)12-7-4-10(5-8-12)3-6-11-9-10/h11H,2-9H2,1H3. The number of sulfonamides is 1. The van der Waals surface area contributed by atoms with Gasteiger partial charge in [-0.05, 0) is 38.1 Å². The number of piperidine rings is 1.